The predicted octanol–water partition coefficient (Wildman–Crippen LogP) is 2.02. The molecule has 3 N–H and O–H groups in total. The molecule has 0 atom stereocenters. The third-order valence-electron chi connectivity index (χ3n) is 3.81. The summed E-state index contributed by atoms with van der Waals surface area (Å²) in [7, 11) is 0. The fraction of sp³-hybridized carbons (Fsp3) is 0.625. The van der Waals surface area contributed by atoms with E-state index >= 15 is 0 Å². The summed E-state index contributed by atoms with van der Waals surface area (Å²) in [5.41, 5.74) is 6.96. The fourth-order valence-electron chi connectivity index (χ4n) is 2.59. The zero-order chi connectivity index (χ0) is 14.8. The molecule has 0 unspecified atom stereocenters. The smallest absolute Gasteiger partial charge is 0.188 e. The number of guanidine groups is 1. The molecule has 2 heterocycles. The first-order chi connectivity index (χ1) is 10.3. The molecular weight excluding hydrogens is 389 g/mol. The molecule has 1 fully saturated rings. The molecule has 0 spiro atoms. The van der Waals surface area contributed by atoms with Crippen molar-refractivity contribution in [3.63, 3.8) is 0 Å². The van der Waals surface area contributed by atoms with Gasteiger partial charge in [0.1, 0.15) is 0 Å². The van der Waals surface area contributed by atoms with Gasteiger partial charge in [0.15, 0.2) is 5.96 Å². The second-order valence-electron chi connectivity index (χ2n) is 5.52. The van der Waals surface area contributed by atoms with Crippen LogP contribution in [0.2, 0.25) is 0 Å². The van der Waals surface area contributed by atoms with Crippen molar-refractivity contribution in [1.29, 1.82) is 0 Å². The van der Waals surface area contributed by atoms with Crippen molar-refractivity contribution in [1.82, 2.24) is 15.2 Å². The number of nitrogens with zero attached hydrogens (tertiary/aromatic N) is 3. The molecule has 22 heavy (non-hydrogen) atoms. The Balaban J connectivity index is 0.00000242. The number of likely N-dealkylation sites (tertiary alicyclic amines) is 1. The highest BCUT2D eigenvalue weighted by Gasteiger charge is 2.07. The zero-order valence-corrected chi connectivity index (χ0v) is 15.5. The monoisotopic (exact) mass is 417 g/mol. The molecule has 0 amide bonds. The lowest BCUT2D eigenvalue weighted by Gasteiger charge is -2.18. The van der Waals surface area contributed by atoms with E-state index in [0.717, 1.165) is 31.7 Å². The van der Waals surface area contributed by atoms with Gasteiger partial charge in [-0.2, -0.15) is 0 Å². The van der Waals surface area contributed by atoms with E-state index in [0.29, 0.717) is 5.96 Å². The molecule has 1 aromatic rings. The van der Waals surface area contributed by atoms with Gasteiger partial charge in [0.05, 0.1) is 6.54 Å². The number of rotatable bonds is 6. The van der Waals surface area contributed by atoms with Crippen LogP contribution in [0.15, 0.2) is 29.4 Å². The predicted molar refractivity (Wildman–Crippen MR) is 103 cm³/mol. The van der Waals surface area contributed by atoms with E-state index in [2.05, 4.69) is 20.2 Å². The molecule has 124 valence electrons. The Bertz CT molecular complexity index is 416. The van der Waals surface area contributed by atoms with Gasteiger partial charge in [-0.3, -0.25) is 9.98 Å². The molecule has 0 bridgehead atoms. The summed E-state index contributed by atoms with van der Waals surface area (Å²) < 4.78 is 0. The Morgan fingerprint density at radius 2 is 2.00 bits per heavy atom. The van der Waals surface area contributed by atoms with E-state index in [9.17, 15) is 0 Å². The van der Waals surface area contributed by atoms with Crippen LogP contribution in [0.25, 0.3) is 0 Å². The van der Waals surface area contributed by atoms with Crippen LogP contribution in [0.1, 0.15) is 31.4 Å². The maximum absolute atomic E-state index is 5.88. The van der Waals surface area contributed by atoms with Gasteiger partial charge in [-0.1, -0.05) is 18.9 Å². The van der Waals surface area contributed by atoms with Gasteiger partial charge in [-0.25, -0.2) is 0 Å². The minimum absolute atomic E-state index is 0. The molecule has 5 nitrogen and oxygen atoms in total. The Morgan fingerprint density at radius 1 is 1.23 bits per heavy atom. The average molecular weight is 417 g/mol. The van der Waals surface area contributed by atoms with Gasteiger partial charge in [-0.15, -0.1) is 24.0 Å². The van der Waals surface area contributed by atoms with E-state index < -0.39 is 0 Å². The maximum Gasteiger partial charge on any atom is 0.188 e. The number of aromatic nitrogens is 1. The number of halogens is 1. The van der Waals surface area contributed by atoms with Crippen LogP contribution in [-0.2, 0) is 6.42 Å². The van der Waals surface area contributed by atoms with Gasteiger partial charge in [0, 0.05) is 31.4 Å². The first kappa shape index (κ1) is 19.2. The summed E-state index contributed by atoms with van der Waals surface area (Å²) in [5.74, 6) is 0.542. The summed E-state index contributed by atoms with van der Waals surface area (Å²) in [5, 5.41) is 3.15. The van der Waals surface area contributed by atoms with Crippen molar-refractivity contribution in [2.45, 2.75) is 32.1 Å². The maximum atomic E-state index is 5.88. The topological polar surface area (TPSA) is 66.5 Å². The lowest BCUT2D eigenvalue weighted by molar-refractivity contribution is 0.293. The van der Waals surface area contributed by atoms with Gasteiger partial charge in [0.2, 0.25) is 0 Å². The van der Waals surface area contributed by atoms with Crippen LogP contribution in [0.3, 0.4) is 0 Å². The Labute approximate surface area is 150 Å². The molecule has 0 aromatic carbocycles. The summed E-state index contributed by atoms with van der Waals surface area (Å²) in [6, 6.07) is 5.95. The fourth-order valence-corrected chi connectivity index (χ4v) is 2.59. The number of hydrogen-bond donors (Lipinski definition) is 2. The van der Waals surface area contributed by atoms with Crippen LogP contribution in [0.5, 0.6) is 0 Å². The molecule has 0 aliphatic carbocycles. The third kappa shape index (κ3) is 7.93. The minimum Gasteiger partial charge on any atom is -0.370 e. The Hall–Kier alpha value is -0.890. The molecule has 1 aromatic heterocycles. The number of aliphatic imine (C=N–C) groups is 1. The SMILES string of the molecule is I.NC(=NCCN1CCCCCC1)NCCc1ccccn1. The number of pyridine rings is 1. The van der Waals surface area contributed by atoms with Gasteiger partial charge in [0.25, 0.3) is 0 Å². The highest BCUT2D eigenvalue weighted by atomic mass is 127. The first-order valence-corrected chi connectivity index (χ1v) is 8.00. The number of hydrogen-bond acceptors (Lipinski definition) is 3. The first-order valence-electron chi connectivity index (χ1n) is 8.00. The van der Waals surface area contributed by atoms with Crippen molar-refractivity contribution < 1.29 is 0 Å². The number of nitrogens with two attached hydrogens (primary N) is 1. The standard InChI is InChI=1S/C16H27N5.HI/c17-16(19-10-8-15-7-3-4-9-18-15)20-11-14-21-12-5-1-2-6-13-21;/h3-4,7,9H,1-2,5-6,8,10-14H2,(H3,17,19,20);1H. The lowest BCUT2D eigenvalue weighted by Crippen LogP contribution is -2.34. The van der Waals surface area contributed by atoms with Crippen LogP contribution in [0.4, 0.5) is 0 Å². The van der Waals surface area contributed by atoms with Crippen LogP contribution in [0, 0.1) is 0 Å². The zero-order valence-electron chi connectivity index (χ0n) is 13.2. The van der Waals surface area contributed by atoms with E-state index in [1.807, 2.05) is 24.4 Å². The second kappa shape index (κ2) is 11.6. The molecule has 1 aliphatic rings. The molecule has 0 saturated carbocycles. The average Bonchev–Trinajstić information content (AvgIpc) is 2.77. The van der Waals surface area contributed by atoms with E-state index in [1.165, 1.54) is 38.8 Å². The van der Waals surface area contributed by atoms with Gasteiger partial charge >= 0.3 is 0 Å². The van der Waals surface area contributed by atoms with Crippen molar-refractivity contribution in [3.05, 3.63) is 30.1 Å². The second-order valence-corrected chi connectivity index (χ2v) is 5.52. The summed E-state index contributed by atoms with van der Waals surface area (Å²) in [6.07, 6.45) is 8.06. The van der Waals surface area contributed by atoms with Crippen LogP contribution >= 0.6 is 24.0 Å². The van der Waals surface area contributed by atoms with Gasteiger partial charge < -0.3 is 16.0 Å². The van der Waals surface area contributed by atoms with Crippen LogP contribution in [-0.4, -0.2) is 48.6 Å². The molecular formula is C16H28IN5. The normalized spacial score (nSPS) is 16.6. The van der Waals surface area contributed by atoms with E-state index in [1.54, 1.807) is 0 Å². The third-order valence-corrected chi connectivity index (χ3v) is 3.81. The minimum atomic E-state index is 0. The van der Waals surface area contributed by atoms with E-state index in [-0.39, 0.29) is 24.0 Å². The summed E-state index contributed by atoms with van der Waals surface area (Å²) >= 11 is 0. The lowest BCUT2D eigenvalue weighted by atomic mass is 10.2. The highest BCUT2D eigenvalue weighted by molar-refractivity contribution is 14.0. The van der Waals surface area contributed by atoms with Crippen molar-refractivity contribution in [2.75, 3.05) is 32.7 Å². The molecule has 1 aliphatic heterocycles. The molecule has 0 radical (unpaired) electrons. The molecule has 2 rings (SSSR count). The Morgan fingerprint density at radius 3 is 2.68 bits per heavy atom. The summed E-state index contributed by atoms with van der Waals surface area (Å²) in [6.45, 7) is 4.99. The Kier molecular flexibility index (Phi) is 10.1. The largest absolute Gasteiger partial charge is 0.370 e. The van der Waals surface area contributed by atoms with Crippen molar-refractivity contribution in [2.24, 2.45) is 10.7 Å². The molecule has 6 heteroatoms. The highest BCUT2D eigenvalue weighted by Crippen LogP contribution is 2.08. The van der Waals surface area contributed by atoms with Crippen molar-refractivity contribution in [3.8, 4) is 0 Å². The van der Waals surface area contributed by atoms with Gasteiger partial charge in [-0.05, 0) is 38.1 Å². The van der Waals surface area contributed by atoms with E-state index in [4.69, 9.17) is 5.73 Å². The quantitative estimate of drug-likeness (QED) is 0.422. The summed E-state index contributed by atoms with van der Waals surface area (Å²) in [4.78, 5) is 11.2. The van der Waals surface area contributed by atoms with Crippen LogP contribution < -0.4 is 11.1 Å². The molecule has 1 saturated heterocycles. The number of nitrogens with one attached hydrogen (secondary N) is 1. The van der Waals surface area contributed by atoms with Crippen molar-refractivity contribution >= 4 is 29.9 Å².